The summed E-state index contributed by atoms with van der Waals surface area (Å²) in [6.45, 7) is 8.81. The minimum atomic E-state index is -0.253. The van der Waals surface area contributed by atoms with Crippen molar-refractivity contribution < 1.29 is 4.74 Å². The summed E-state index contributed by atoms with van der Waals surface area (Å²) in [5.41, 5.74) is 2.77. The number of aryl methyl sites for hydroxylation is 2. The van der Waals surface area contributed by atoms with Crippen LogP contribution in [-0.2, 0) is 13.6 Å². The lowest BCUT2D eigenvalue weighted by atomic mass is 10.1. The van der Waals surface area contributed by atoms with Gasteiger partial charge in [0.15, 0.2) is 5.65 Å². The molecule has 0 spiro atoms. The number of halogens is 1. The molecule has 7 heteroatoms. The van der Waals surface area contributed by atoms with Crippen LogP contribution in [-0.4, -0.2) is 25.3 Å². The Balaban J connectivity index is 1.90. The molecule has 1 N–H and O–H groups in total. The van der Waals surface area contributed by atoms with Crippen molar-refractivity contribution in [3.05, 3.63) is 40.3 Å². The van der Waals surface area contributed by atoms with E-state index in [4.69, 9.17) is 4.74 Å². The third-order valence-electron chi connectivity index (χ3n) is 3.66. The van der Waals surface area contributed by atoms with Gasteiger partial charge in [-0.3, -0.25) is 0 Å². The van der Waals surface area contributed by atoms with Crippen molar-refractivity contribution in [2.24, 2.45) is 7.05 Å². The number of benzene rings is 1. The fraction of sp³-hybridized carbons (Fsp3) is 0.389. The van der Waals surface area contributed by atoms with Gasteiger partial charge in [-0.15, -0.1) is 0 Å². The van der Waals surface area contributed by atoms with Crippen molar-refractivity contribution in [3.63, 3.8) is 0 Å². The Morgan fingerprint density at radius 3 is 2.72 bits per heavy atom. The highest BCUT2D eigenvalue weighted by molar-refractivity contribution is 9.10. The molecular formula is C18H22BrN5O. The van der Waals surface area contributed by atoms with E-state index in [1.165, 1.54) is 5.56 Å². The molecule has 2 heterocycles. The Labute approximate surface area is 155 Å². The molecule has 0 bridgehead atoms. The molecule has 0 aliphatic carbocycles. The summed E-state index contributed by atoms with van der Waals surface area (Å²) in [7, 11) is 1.86. The molecule has 0 saturated carbocycles. The quantitative estimate of drug-likeness (QED) is 0.705. The first-order valence-electron chi connectivity index (χ1n) is 8.10. The fourth-order valence-electron chi connectivity index (χ4n) is 2.59. The first-order valence-corrected chi connectivity index (χ1v) is 8.89. The molecule has 3 aromatic rings. The number of ether oxygens (including phenoxy) is 1. The average molecular weight is 404 g/mol. The van der Waals surface area contributed by atoms with Crippen LogP contribution in [0.3, 0.4) is 0 Å². The highest BCUT2D eigenvalue weighted by Crippen LogP contribution is 2.29. The molecular weight excluding hydrogens is 382 g/mol. The lowest BCUT2D eigenvalue weighted by Crippen LogP contribution is -2.24. The highest BCUT2D eigenvalue weighted by atomic mass is 79.9. The molecule has 0 saturated heterocycles. The maximum Gasteiger partial charge on any atom is 0.164 e. The van der Waals surface area contributed by atoms with Gasteiger partial charge in [0.2, 0.25) is 0 Å². The van der Waals surface area contributed by atoms with Gasteiger partial charge in [0, 0.05) is 19.2 Å². The monoisotopic (exact) mass is 403 g/mol. The van der Waals surface area contributed by atoms with Crippen LogP contribution in [0.5, 0.6) is 5.75 Å². The van der Waals surface area contributed by atoms with Gasteiger partial charge in [-0.25, -0.2) is 14.6 Å². The second-order valence-electron chi connectivity index (χ2n) is 7.01. The van der Waals surface area contributed by atoms with Crippen molar-refractivity contribution in [3.8, 4) is 5.75 Å². The van der Waals surface area contributed by atoms with Gasteiger partial charge in [-0.2, -0.15) is 5.10 Å². The molecule has 0 atom stereocenters. The maximum atomic E-state index is 6.12. The third-order valence-corrected chi connectivity index (χ3v) is 4.22. The first-order chi connectivity index (χ1) is 11.7. The van der Waals surface area contributed by atoms with Gasteiger partial charge in [0.05, 0.1) is 5.39 Å². The van der Waals surface area contributed by atoms with Gasteiger partial charge in [0.1, 0.15) is 28.1 Å². The van der Waals surface area contributed by atoms with Crippen molar-refractivity contribution >= 4 is 32.8 Å². The number of hydrogen-bond donors (Lipinski definition) is 1. The molecule has 0 aliphatic rings. The van der Waals surface area contributed by atoms with Crippen LogP contribution in [0.1, 0.15) is 31.9 Å². The number of anilines is 1. The van der Waals surface area contributed by atoms with E-state index in [9.17, 15) is 0 Å². The van der Waals surface area contributed by atoms with Crippen LogP contribution in [0.25, 0.3) is 11.0 Å². The SMILES string of the molecule is Cc1ccc(CNc2ncnc3c2c(Br)nn3C)c(OC(C)(C)C)c1. The predicted molar refractivity (Wildman–Crippen MR) is 103 cm³/mol. The summed E-state index contributed by atoms with van der Waals surface area (Å²) < 4.78 is 8.57. The zero-order chi connectivity index (χ0) is 18.2. The topological polar surface area (TPSA) is 64.9 Å². The average Bonchev–Trinajstić information content (AvgIpc) is 2.80. The number of fused-ring (bicyclic) bond motifs is 1. The molecule has 6 nitrogen and oxygen atoms in total. The van der Waals surface area contributed by atoms with E-state index >= 15 is 0 Å². The van der Waals surface area contributed by atoms with Crippen LogP contribution in [0.2, 0.25) is 0 Å². The Morgan fingerprint density at radius 2 is 2.00 bits per heavy atom. The largest absolute Gasteiger partial charge is 0.488 e. The minimum Gasteiger partial charge on any atom is -0.488 e. The molecule has 25 heavy (non-hydrogen) atoms. The van der Waals surface area contributed by atoms with Crippen LogP contribution in [0.15, 0.2) is 29.1 Å². The molecule has 0 aliphatic heterocycles. The van der Waals surface area contributed by atoms with Gasteiger partial charge >= 0.3 is 0 Å². The van der Waals surface area contributed by atoms with Crippen LogP contribution >= 0.6 is 15.9 Å². The molecule has 0 fully saturated rings. The molecule has 0 radical (unpaired) electrons. The van der Waals surface area contributed by atoms with E-state index in [0.717, 1.165) is 32.8 Å². The zero-order valence-corrected chi connectivity index (χ0v) is 16.7. The van der Waals surface area contributed by atoms with E-state index < -0.39 is 0 Å². The second-order valence-corrected chi connectivity index (χ2v) is 7.77. The smallest absolute Gasteiger partial charge is 0.164 e. The van der Waals surface area contributed by atoms with Crippen molar-refractivity contribution in [1.29, 1.82) is 0 Å². The predicted octanol–water partition coefficient (Wildman–Crippen LogP) is 4.22. The van der Waals surface area contributed by atoms with Crippen LogP contribution in [0.4, 0.5) is 5.82 Å². The number of rotatable bonds is 4. The maximum absolute atomic E-state index is 6.12. The van der Waals surface area contributed by atoms with Crippen molar-refractivity contribution in [1.82, 2.24) is 19.7 Å². The Kier molecular flexibility index (Phi) is 4.69. The highest BCUT2D eigenvalue weighted by Gasteiger charge is 2.16. The van der Waals surface area contributed by atoms with Gasteiger partial charge in [0.25, 0.3) is 0 Å². The summed E-state index contributed by atoms with van der Waals surface area (Å²) in [5, 5.41) is 8.61. The molecule has 2 aromatic heterocycles. The summed E-state index contributed by atoms with van der Waals surface area (Å²) in [4.78, 5) is 8.66. The number of hydrogen-bond acceptors (Lipinski definition) is 5. The Morgan fingerprint density at radius 1 is 1.24 bits per heavy atom. The normalized spacial score (nSPS) is 11.8. The molecule has 0 unspecified atom stereocenters. The van der Waals surface area contributed by atoms with Gasteiger partial charge in [-0.1, -0.05) is 12.1 Å². The summed E-state index contributed by atoms with van der Waals surface area (Å²) in [5.74, 6) is 1.63. The van der Waals surface area contributed by atoms with E-state index in [1.807, 2.05) is 27.8 Å². The van der Waals surface area contributed by atoms with Gasteiger partial charge in [-0.05, 0) is 55.3 Å². The minimum absolute atomic E-state index is 0.253. The first kappa shape index (κ1) is 17.7. The number of aromatic nitrogens is 4. The fourth-order valence-corrected chi connectivity index (χ4v) is 3.19. The van der Waals surface area contributed by atoms with E-state index in [-0.39, 0.29) is 5.60 Å². The van der Waals surface area contributed by atoms with E-state index in [2.05, 4.69) is 61.4 Å². The molecule has 132 valence electrons. The molecule has 3 rings (SSSR count). The van der Waals surface area contributed by atoms with Crippen molar-refractivity contribution in [2.45, 2.75) is 39.8 Å². The summed E-state index contributed by atoms with van der Waals surface area (Å²) in [6, 6.07) is 6.24. The Hall–Kier alpha value is -2.15. The molecule has 0 amide bonds. The van der Waals surface area contributed by atoms with Crippen LogP contribution in [0, 0.1) is 6.92 Å². The van der Waals surface area contributed by atoms with Crippen molar-refractivity contribution in [2.75, 3.05) is 5.32 Å². The summed E-state index contributed by atoms with van der Waals surface area (Å²) >= 11 is 3.48. The van der Waals surface area contributed by atoms with E-state index in [0.29, 0.717) is 6.54 Å². The standard InChI is InChI=1S/C18H22BrN5O/c1-11-6-7-12(13(8-11)25-18(2,3)4)9-20-16-14-15(19)23-24(5)17(14)22-10-21-16/h6-8,10H,9H2,1-5H3,(H,20,21,22). The third kappa shape index (κ3) is 3.92. The van der Waals surface area contributed by atoms with E-state index in [1.54, 1.807) is 11.0 Å². The summed E-state index contributed by atoms with van der Waals surface area (Å²) in [6.07, 6.45) is 1.54. The lowest BCUT2D eigenvalue weighted by molar-refractivity contribution is 0.129. The van der Waals surface area contributed by atoms with Gasteiger partial charge < -0.3 is 10.1 Å². The zero-order valence-electron chi connectivity index (χ0n) is 15.1. The number of nitrogens with one attached hydrogen (secondary N) is 1. The Bertz CT molecular complexity index is 914. The van der Waals surface area contributed by atoms with Crippen LogP contribution < -0.4 is 10.1 Å². The number of nitrogens with zero attached hydrogens (tertiary/aromatic N) is 4. The lowest BCUT2D eigenvalue weighted by Gasteiger charge is -2.24. The molecule has 1 aromatic carbocycles. The second kappa shape index (κ2) is 6.63.